The predicted molar refractivity (Wildman–Crippen MR) is 109 cm³/mol. The number of ether oxygens (including phenoxy) is 2. The second-order valence-corrected chi connectivity index (χ2v) is 6.60. The molecule has 156 valence electrons. The van der Waals surface area contributed by atoms with E-state index in [0.29, 0.717) is 11.5 Å². The molecule has 0 spiro atoms. The number of anilines is 1. The summed E-state index contributed by atoms with van der Waals surface area (Å²) < 4.78 is 28.8. The Morgan fingerprint density at radius 1 is 1.07 bits per heavy atom. The molecule has 3 aromatic rings. The van der Waals surface area contributed by atoms with Gasteiger partial charge in [0.2, 0.25) is 5.76 Å². The van der Waals surface area contributed by atoms with Gasteiger partial charge in [-0.25, -0.2) is 9.18 Å². The number of esters is 1. The number of benzene rings is 2. The first-order valence-corrected chi connectivity index (χ1v) is 9.48. The summed E-state index contributed by atoms with van der Waals surface area (Å²) in [6.07, 6.45) is 0.770. The summed E-state index contributed by atoms with van der Waals surface area (Å²) in [4.78, 5) is 24.3. The Morgan fingerprint density at radius 3 is 2.57 bits per heavy atom. The molecular weight excluding hydrogens is 389 g/mol. The van der Waals surface area contributed by atoms with Gasteiger partial charge in [-0.15, -0.1) is 0 Å². The molecule has 7 heteroatoms. The largest absolute Gasteiger partial charge is 0.486 e. The van der Waals surface area contributed by atoms with Gasteiger partial charge in [-0.1, -0.05) is 25.1 Å². The molecule has 6 nitrogen and oxygen atoms in total. The summed E-state index contributed by atoms with van der Waals surface area (Å²) in [6.45, 7) is 3.53. The van der Waals surface area contributed by atoms with E-state index in [-0.39, 0.29) is 18.2 Å². The lowest BCUT2D eigenvalue weighted by molar-refractivity contribution is -0.119. The zero-order valence-corrected chi connectivity index (χ0v) is 16.7. The van der Waals surface area contributed by atoms with Crippen LogP contribution in [0.25, 0.3) is 0 Å². The van der Waals surface area contributed by atoms with Crippen molar-refractivity contribution in [2.45, 2.75) is 26.9 Å². The van der Waals surface area contributed by atoms with E-state index in [4.69, 9.17) is 13.9 Å². The summed E-state index contributed by atoms with van der Waals surface area (Å²) in [5.74, 6) is -0.717. The minimum atomic E-state index is -0.751. The number of para-hydroxylation sites is 1. The number of rotatable bonds is 8. The summed E-state index contributed by atoms with van der Waals surface area (Å²) in [7, 11) is 0. The first kappa shape index (κ1) is 21.1. The van der Waals surface area contributed by atoms with E-state index in [9.17, 15) is 14.0 Å². The molecule has 1 aromatic heterocycles. The maximum Gasteiger partial charge on any atom is 0.374 e. The molecule has 30 heavy (non-hydrogen) atoms. The lowest BCUT2D eigenvalue weighted by atomic mass is 10.1. The van der Waals surface area contributed by atoms with Crippen molar-refractivity contribution in [1.82, 2.24) is 0 Å². The van der Waals surface area contributed by atoms with Crippen LogP contribution in [0.3, 0.4) is 0 Å². The Bertz CT molecular complexity index is 1030. The first-order valence-electron chi connectivity index (χ1n) is 9.48. The number of aryl methyl sites for hydroxylation is 2. The van der Waals surface area contributed by atoms with Crippen LogP contribution in [0.15, 0.2) is 59.0 Å². The summed E-state index contributed by atoms with van der Waals surface area (Å²) in [5.41, 5.74) is 2.68. The van der Waals surface area contributed by atoms with Crippen LogP contribution in [0, 0.1) is 12.7 Å². The van der Waals surface area contributed by atoms with Crippen LogP contribution in [-0.4, -0.2) is 18.5 Å². The molecule has 0 bridgehead atoms. The van der Waals surface area contributed by atoms with E-state index in [1.807, 2.05) is 32.0 Å². The van der Waals surface area contributed by atoms with Gasteiger partial charge in [0.15, 0.2) is 6.61 Å². The van der Waals surface area contributed by atoms with Gasteiger partial charge in [0.25, 0.3) is 5.91 Å². The van der Waals surface area contributed by atoms with Gasteiger partial charge in [0.05, 0.1) is 0 Å². The van der Waals surface area contributed by atoms with Gasteiger partial charge in [0.1, 0.15) is 23.9 Å². The number of amides is 1. The van der Waals surface area contributed by atoms with Crippen LogP contribution in [0.2, 0.25) is 0 Å². The van der Waals surface area contributed by atoms with E-state index >= 15 is 0 Å². The maximum atomic E-state index is 12.9. The predicted octanol–water partition coefficient (Wildman–Crippen LogP) is 4.66. The average Bonchev–Trinajstić information content (AvgIpc) is 3.22. The van der Waals surface area contributed by atoms with E-state index in [2.05, 4.69) is 5.32 Å². The fourth-order valence-electron chi connectivity index (χ4n) is 2.83. The number of carbonyl (C=O) groups excluding carboxylic acids is 2. The molecule has 1 amide bonds. The number of hydrogen-bond donors (Lipinski definition) is 1. The standard InChI is InChI=1S/C23H22FNO5/c1-3-16-6-4-5-15(2)22(16)25-21(26)14-29-23(27)20-12-11-19(30-20)13-28-18-9-7-17(24)8-10-18/h4-12H,3,13-14H2,1-2H3,(H,25,26). The Morgan fingerprint density at radius 2 is 1.83 bits per heavy atom. The minimum Gasteiger partial charge on any atom is -0.486 e. The van der Waals surface area contributed by atoms with Crippen LogP contribution < -0.4 is 10.1 Å². The average molecular weight is 411 g/mol. The van der Waals surface area contributed by atoms with E-state index < -0.39 is 18.5 Å². The van der Waals surface area contributed by atoms with Gasteiger partial charge in [-0.2, -0.15) is 0 Å². The minimum absolute atomic E-state index is 0.0364. The van der Waals surface area contributed by atoms with E-state index in [1.165, 1.54) is 30.3 Å². The summed E-state index contributed by atoms with van der Waals surface area (Å²) in [5, 5.41) is 2.79. The van der Waals surface area contributed by atoms with Crippen molar-refractivity contribution < 1.29 is 27.9 Å². The van der Waals surface area contributed by atoms with Crippen molar-refractivity contribution in [3.63, 3.8) is 0 Å². The SMILES string of the molecule is CCc1cccc(C)c1NC(=O)COC(=O)c1ccc(COc2ccc(F)cc2)o1. The van der Waals surface area contributed by atoms with Gasteiger partial charge in [-0.3, -0.25) is 4.79 Å². The molecule has 2 aromatic carbocycles. The van der Waals surface area contributed by atoms with E-state index in [1.54, 1.807) is 6.07 Å². The molecule has 1 heterocycles. The Hall–Kier alpha value is -3.61. The van der Waals surface area contributed by atoms with Crippen LogP contribution in [0.1, 0.15) is 34.4 Å². The lowest BCUT2D eigenvalue weighted by Crippen LogP contribution is -2.22. The third-order valence-electron chi connectivity index (χ3n) is 4.40. The molecule has 3 rings (SSSR count). The van der Waals surface area contributed by atoms with Crippen LogP contribution >= 0.6 is 0 Å². The zero-order valence-electron chi connectivity index (χ0n) is 16.7. The number of furan rings is 1. The Balaban J connectivity index is 1.50. The lowest BCUT2D eigenvalue weighted by Gasteiger charge is -2.12. The quantitative estimate of drug-likeness (QED) is 0.546. The summed E-state index contributed by atoms with van der Waals surface area (Å²) >= 11 is 0. The molecular formula is C23H22FNO5. The monoisotopic (exact) mass is 411 g/mol. The number of halogens is 1. The molecule has 0 aliphatic heterocycles. The maximum absolute atomic E-state index is 12.9. The molecule has 0 atom stereocenters. The highest BCUT2D eigenvalue weighted by Crippen LogP contribution is 2.21. The third kappa shape index (κ3) is 5.47. The number of hydrogen-bond acceptors (Lipinski definition) is 5. The zero-order chi connectivity index (χ0) is 21.5. The topological polar surface area (TPSA) is 77.8 Å². The number of nitrogens with one attached hydrogen (secondary N) is 1. The van der Waals surface area contributed by atoms with Crippen molar-refractivity contribution in [3.05, 3.63) is 83.1 Å². The van der Waals surface area contributed by atoms with Crippen molar-refractivity contribution >= 4 is 17.6 Å². The van der Waals surface area contributed by atoms with Crippen LogP contribution in [0.4, 0.5) is 10.1 Å². The Kier molecular flexibility index (Phi) is 6.85. The van der Waals surface area contributed by atoms with Crippen molar-refractivity contribution in [3.8, 4) is 5.75 Å². The highest BCUT2D eigenvalue weighted by atomic mass is 19.1. The van der Waals surface area contributed by atoms with Gasteiger partial charge >= 0.3 is 5.97 Å². The number of carbonyl (C=O) groups is 2. The first-order chi connectivity index (χ1) is 14.5. The molecule has 0 saturated heterocycles. The van der Waals surface area contributed by atoms with Crippen molar-refractivity contribution in [2.24, 2.45) is 0 Å². The van der Waals surface area contributed by atoms with Crippen molar-refractivity contribution in [1.29, 1.82) is 0 Å². The van der Waals surface area contributed by atoms with Gasteiger partial charge in [0, 0.05) is 5.69 Å². The molecule has 0 saturated carbocycles. The van der Waals surface area contributed by atoms with Gasteiger partial charge < -0.3 is 19.2 Å². The highest BCUT2D eigenvalue weighted by Gasteiger charge is 2.16. The molecule has 0 radical (unpaired) electrons. The molecule has 0 aliphatic carbocycles. The fourth-order valence-corrected chi connectivity index (χ4v) is 2.83. The highest BCUT2D eigenvalue weighted by molar-refractivity contribution is 5.95. The second-order valence-electron chi connectivity index (χ2n) is 6.60. The second kappa shape index (κ2) is 9.73. The fraction of sp³-hybridized carbons (Fsp3) is 0.217. The molecule has 0 aliphatic rings. The van der Waals surface area contributed by atoms with E-state index in [0.717, 1.165) is 23.2 Å². The van der Waals surface area contributed by atoms with Gasteiger partial charge in [-0.05, 0) is 60.9 Å². The molecule has 1 N–H and O–H groups in total. The van der Waals surface area contributed by atoms with Crippen molar-refractivity contribution in [2.75, 3.05) is 11.9 Å². The Labute approximate surface area is 173 Å². The molecule has 0 unspecified atom stereocenters. The normalized spacial score (nSPS) is 10.5. The van der Waals surface area contributed by atoms with Crippen LogP contribution in [-0.2, 0) is 22.6 Å². The summed E-state index contributed by atoms with van der Waals surface area (Å²) in [6, 6.07) is 14.3. The molecule has 0 fully saturated rings. The smallest absolute Gasteiger partial charge is 0.374 e. The van der Waals surface area contributed by atoms with Crippen LogP contribution in [0.5, 0.6) is 5.75 Å². The third-order valence-corrected chi connectivity index (χ3v) is 4.40.